The molecule has 0 atom stereocenters. The highest BCUT2D eigenvalue weighted by molar-refractivity contribution is 7.89. The molecule has 2 saturated heterocycles. The predicted molar refractivity (Wildman–Crippen MR) is 123 cm³/mol. The zero-order valence-electron chi connectivity index (χ0n) is 18.7. The minimum Gasteiger partial charge on any atom is -0.496 e. The smallest absolute Gasteiger partial charge is 0.255 e. The monoisotopic (exact) mass is 475 g/mol. The van der Waals surface area contributed by atoms with Crippen LogP contribution in [0.15, 0.2) is 47.4 Å². The van der Waals surface area contributed by atoms with E-state index in [0.717, 1.165) is 37.6 Å². The average Bonchev–Trinajstić information content (AvgIpc) is 2.88. The zero-order valence-corrected chi connectivity index (χ0v) is 19.5. The third-order valence-corrected chi connectivity index (χ3v) is 7.68. The van der Waals surface area contributed by atoms with Crippen LogP contribution in [0.4, 0.5) is 5.69 Å². The van der Waals surface area contributed by atoms with E-state index >= 15 is 0 Å². The first-order valence-corrected chi connectivity index (χ1v) is 12.4. The first-order chi connectivity index (χ1) is 16.0. The van der Waals surface area contributed by atoms with E-state index in [2.05, 4.69) is 10.2 Å². The summed E-state index contributed by atoms with van der Waals surface area (Å²) in [5.41, 5.74) is 2.24. The van der Waals surface area contributed by atoms with Crippen LogP contribution in [0.5, 0.6) is 5.75 Å². The molecule has 2 aliphatic heterocycles. The van der Waals surface area contributed by atoms with Crippen LogP contribution in [-0.2, 0) is 26.0 Å². The highest BCUT2D eigenvalue weighted by Crippen LogP contribution is 2.25. The number of nitrogens with zero attached hydrogens (tertiary/aromatic N) is 2. The van der Waals surface area contributed by atoms with E-state index in [1.807, 2.05) is 24.3 Å². The van der Waals surface area contributed by atoms with Crippen LogP contribution >= 0.6 is 0 Å². The highest BCUT2D eigenvalue weighted by atomic mass is 32.2. The number of ether oxygens (including phenoxy) is 3. The van der Waals surface area contributed by atoms with Gasteiger partial charge in [0, 0.05) is 38.4 Å². The Hall–Kier alpha value is -2.66. The maximum absolute atomic E-state index is 13.0. The number of rotatable bonds is 7. The Labute approximate surface area is 194 Å². The first kappa shape index (κ1) is 23.5. The van der Waals surface area contributed by atoms with Crippen molar-refractivity contribution in [2.24, 2.45) is 0 Å². The fraction of sp³-hybridized carbons (Fsp3) is 0.435. The van der Waals surface area contributed by atoms with E-state index in [4.69, 9.17) is 14.2 Å². The van der Waals surface area contributed by atoms with Gasteiger partial charge in [0.15, 0.2) is 0 Å². The lowest BCUT2D eigenvalue weighted by molar-refractivity contribution is 0.0730. The third kappa shape index (κ3) is 5.47. The molecule has 0 radical (unpaired) electrons. The van der Waals surface area contributed by atoms with Gasteiger partial charge in [0.2, 0.25) is 10.0 Å². The van der Waals surface area contributed by atoms with Crippen molar-refractivity contribution in [3.05, 3.63) is 53.6 Å². The van der Waals surface area contributed by atoms with E-state index in [0.29, 0.717) is 25.5 Å². The van der Waals surface area contributed by atoms with Crippen molar-refractivity contribution in [1.29, 1.82) is 0 Å². The summed E-state index contributed by atoms with van der Waals surface area (Å²) >= 11 is 0. The van der Waals surface area contributed by atoms with Gasteiger partial charge in [-0.3, -0.25) is 4.79 Å². The lowest BCUT2D eigenvalue weighted by atomic mass is 10.1. The molecule has 4 rings (SSSR count). The number of anilines is 1. The molecule has 0 saturated carbocycles. The van der Waals surface area contributed by atoms with E-state index in [-0.39, 0.29) is 23.5 Å². The summed E-state index contributed by atoms with van der Waals surface area (Å²) in [6.07, 6.45) is 0. The molecule has 2 aliphatic rings. The molecule has 10 heteroatoms. The van der Waals surface area contributed by atoms with Gasteiger partial charge in [0.1, 0.15) is 5.75 Å². The molecule has 0 spiro atoms. The number of carbonyl (C=O) groups excluding carboxylic acids is 1. The Bertz CT molecular complexity index is 1060. The van der Waals surface area contributed by atoms with E-state index < -0.39 is 15.9 Å². The van der Waals surface area contributed by atoms with Crippen LogP contribution in [0.1, 0.15) is 15.9 Å². The van der Waals surface area contributed by atoms with Crippen LogP contribution < -0.4 is 15.0 Å². The molecule has 0 aliphatic carbocycles. The molecule has 2 aromatic rings. The number of amides is 1. The van der Waals surface area contributed by atoms with Crippen molar-refractivity contribution in [2.45, 2.75) is 11.4 Å². The Morgan fingerprint density at radius 3 is 2.24 bits per heavy atom. The molecule has 1 N–H and O–H groups in total. The molecule has 2 aromatic carbocycles. The minimum absolute atomic E-state index is 0.0604. The number of morpholine rings is 2. The maximum Gasteiger partial charge on any atom is 0.255 e. The fourth-order valence-corrected chi connectivity index (χ4v) is 5.32. The zero-order chi connectivity index (χ0) is 23.3. The van der Waals surface area contributed by atoms with Gasteiger partial charge < -0.3 is 24.4 Å². The quantitative estimate of drug-likeness (QED) is 0.648. The van der Waals surface area contributed by atoms with Crippen molar-refractivity contribution < 1.29 is 27.4 Å². The van der Waals surface area contributed by atoms with Gasteiger partial charge in [0.25, 0.3) is 5.91 Å². The third-order valence-electron chi connectivity index (χ3n) is 5.79. The number of nitrogens with one attached hydrogen (secondary N) is 1. The summed E-state index contributed by atoms with van der Waals surface area (Å²) in [5.74, 6) is -0.0840. The van der Waals surface area contributed by atoms with Gasteiger partial charge >= 0.3 is 0 Å². The summed E-state index contributed by atoms with van der Waals surface area (Å²) in [4.78, 5) is 15.2. The van der Waals surface area contributed by atoms with Crippen LogP contribution in [0.2, 0.25) is 0 Å². The fourth-order valence-electron chi connectivity index (χ4n) is 3.88. The topological polar surface area (TPSA) is 97.4 Å². The van der Waals surface area contributed by atoms with Gasteiger partial charge in [-0.1, -0.05) is 12.1 Å². The van der Waals surface area contributed by atoms with Crippen molar-refractivity contribution >= 4 is 21.6 Å². The first-order valence-electron chi connectivity index (χ1n) is 10.9. The van der Waals surface area contributed by atoms with Gasteiger partial charge in [-0.05, 0) is 35.9 Å². The average molecular weight is 476 g/mol. The number of hydrogen-bond donors (Lipinski definition) is 1. The normalized spacial score (nSPS) is 17.5. The van der Waals surface area contributed by atoms with Gasteiger partial charge in [-0.25, -0.2) is 8.42 Å². The largest absolute Gasteiger partial charge is 0.496 e. The molecule has 2 heterocycles. The molecule has 1 amide bonds. The molecule has 33 heavy (non-hydrogen) atoms. The number of hydrogen-bond acceptors (Lipinski definition) is 7. The summed E-state index contributed by atoms with van der Waals surface area (Å²) in [6, 6.07) is 12.4. The van der Waals surface area contributed by atoms with E-state index in [9.17, 15) is 13.2 Å². The van der Waals surface area contributed by atoms with Gasteiger partial charge in [-0.15, -0.1) is 0 Å². The Kier molecular flexibility index (Phi) is 7.49. The lowest BCUT2D eigenvalue weighted by Gasteiger charge is -2.28. The van der Waals surface area contributed by atoms with Crippen LogP contribution in [0.3, 0.4) is 0 Å². The summed E-state index contributed by atoms with van der Waals surface area (Å²) in [6.45, 7) is 4.76. The summed E-state index contributed by atoms with van der Waals surface area (Å²) in [7, 11) is -2.27. The second-order valence-electron chi connectivity index (χ2n) is 7.83. The van der Waals surface area contributed by atoms with E-state index in [1.165, 1.54) is 29.6 Å². The Morgan fingerprint density at radius 1 is 0.970 bits per heavy atom. The molecule has 9 nitrogen and oxygen atoms in total. The summed E-state index contributed by atoms with van der Waals surface area (Å²) in [5, 5.41) is 2.87. The molecule has 2 fully saturated rings. The van der Waals surface area contributed by atoms with E-state index in [1.54, 1.807) is 0 Å². The molecular weight excluding hydrogens is 446 g/mol. The maximum atomic E-state index is 13.0. The number of carbonyl (C=O) groups is 1. The molecule has 0 bridgehead atoms. The standard InChI is InChI=1S/C23H29N3O6S/c1-30-22-7-6-20(33(28,29)26-10-14-32-15-11-26)16-21(22)23(27)24-17-18-2-4-19(5-3-18)25-8-12-31-13-9-25/h2-7,16H,8-15,17H2,1H3,(H,24,27). The predicted octanol–water partition coefficient (Wildman–Crippen LogP) is 1.48. The molecule has 0 unspecified atom stereocenters. The molecular formula is C23H29N3O6S. The second-order valence-corrected chi connectivity index (χ2v) is 9.77. The second kappa shape index (κ2) is 10.5. The van der Waals surface area contributed by atoms with Gasteiger partial charge in [-0.2, -0.15) is 4.31 Å². The Balaban J connectivity index is 1.45. The lowest BCUT2D eigenvalue weighted by Crippen LogP contribution is -2.40. The van der Waals surface area contributed by atoms with Crippen molar-refractivity contribution in [1.82, 2.24) is 9.62 Å². The minimum atomic E-state index is -3.72. The van der Waals surface area contributed by atoms with Crippen molar-refractivity contribution in [3.8, 4) is 5.75 Å². The van der Waals surface area contributed by atoms with Crippen LogP contribution in [-0.4, -0.2) is 78.3 Å². The SMILES string of the molecule is COc1ccc(S(=O)(=O)N2CCOCC2)cc1C(=O)NCc1ccc(N2CCOCC2)cc1. The van der Waals surface area contributed by atoms with Crippen molar-refractivity contribution in [2.75, 3.05) is 64.6 Å². The highest BCUT2D eigenvalue weighted by Gasteiger charge is 2.28. The van der Waals surface area contributed by atoms with Crippen molar-refractivity contribution in [3.63, 3.8) is 0 Å². The van der Waals surface area contributed by atoms with Gasteiger partial charge in [0.05, 0.1) is 44.0 Å². The Morgan fingerprint density at radius 2 is 1.61 bits per heavy atom. The van der Waals surface area contributed by atoms with Crippen LogP contribution in [0.25, 0.3) is 0 Å². The van der Waals surface area contributed by atoms with Crippen LogP contribution in [0, 0.1) is 0 Å². The number of benzene rings is 2. The summed E-state index contributed by atoms with van der Waals surface area (Å²) < 4.78 is 43.3. The molecule has 178 valence electrons. The number of sulfonamides is 1. The molecule has 0 aromatic heterocycles. The number of methoxy groups -OCH3 is 1.